The molecular weight excluding hydrogens is 156 g/mol. The average Bonchev–Trinajstić information content (AvgIpc) is 2.32. The Kier molecular flexibility index (Phi) is 2.24. The van der Waals surface area contributed by atoms with Crippen LogP contribution in [0.15, 0.2) is 12.2 Å². The highest BCUT2D eigenvalue weighted by atomic mass is 16.6. The minimum atomic E-state index is -0.639. The van der Waals surface area contributed by atoms with Crippen LogP contribution in [0.25, 0.3) is 0 Å². The van der Waals surface area contributed by atoms with Gasteiger partial charge < -0.3 is 9.84 Å². The zero-order chi connectivity index (χ0) is 9.35. The number of aliphatic hydroxyl groups excluding tert-OH is 1. The van der Waals surface area contributed by atoms with Crippen molar-refractivity contribution >= 4 is 5.97 Å². The fraction of sp³-hybridized carbons (Fsp3) is 0.667. The van der Waals surface area contributed by atoms with Crippen LogP contribution < -0.4 is 0 Å². The molecule has 1 heterocycles. The fourth-order valence-corrected chi connectivity index (χ4v) is 1.05. The van der Waals surface area contributed by atoms with E-state index in [1.807, 2.05) is 20.8 Å². The molecule has 68 valence electrons. The molecule has 2 atom stereocenters. The highest BCUT2D eigenvalue weighted by Crippen LogP contribution is 2.25. The first-order valence-corrected chi connectivity index (χ1v) is 3.98. The van der Waals surface area contributed by atoms with Crippen molar-refractivity contribution in [3.8, 4) is 0 Å². The number of carbonyl (C=O) groups is 1. The van der Waals surface area contributed by atoms with Crippen LogP contribution in [-0.2, 0) is 9.53 Å². The first kappa shape index (κ1) is 9.26. The van der Waals surface area contributed by atoms with Crippen LogP contribution in [0.1, 0.15) is 20.8 Å². The highest BCUT2D eigenvalue weighted by molar-refractivity contribution is 5.84. The zero-order valence-corrected chi connectivity index (χ0v) is 7.57. The van der Waals surface area contributed by atoms with Gasteiger partial charge in [0, 0.05) is 6.08 Å². The average molecular weight is 170 g/mol. The lowest BCUT2D eigenvalue weighted by Crippen LogP contribution is -2.37. The number of ether oxygens (including phenoxy) is 1. The predicted octanol–water partition coefficient (Wildman–Crippen LogP) is 0.875. The second-order valence-electron chi connectivity index (χ2n) is 4.07. The van der Waals surface area contributed by atoms with Crippen molar-refractivity contribution in [3.63, 3.8) is 0 Å². The van der Waals surface area contributed by atoms with E-state index in [0.29, 0.717) is 0 Å². The van der Waals surface area contributed by atoms with E-state index in [-0.39, 0.29) is 11.4 Å². The molecule has 0 aromatic rings. The summed E-state index contributed by atoms with van der Waals surface area (Å²) in [6, 6.07) is 0. The molecule has 0 aromatic carbocycles. The number of esters is 1. The molecule has 0 unspecified atom stereocenters. The van der Waals surface area contributed by atoms with E-state index in [4.69, 9.17) is 4.74 Å². The van der Waals surface area contributed by atoms with E-state index < -0.39 is 12.2 Å². The van der Waals surface area contributed by atoms with Gasteiger partial charge in [0.25, 0.3) is 0 Å². The maximum Gasteiger partial charge on any atom is 0.331 e. The lowest BCUT2D eigenvalue weighted by Gasteiger charge is -2.28. The number of rotatable bonds is 1. The molecule has 12 heavy (non-hydrogen) atoms. The van der Waals surface area contributed by atoms with Crippen molar-refractivity contribution in [3.05, 3.63) is 12.2 Å². The molecule has 1 N–H and O–H groups in total. The maximum atomic E-state index is 10.7. The minimum absolute atomic E-state index is 0.264. The Morgan fingerprint density at radius 1 is 1.58 bits per heavy atom. The number of aliphatic hydroxyl groups is 1. The molecule has 0 bridgehead atoms. The molecule has 0 spiro atoms. The van der Waals surface area contributed by atoms with Gasteiger partial charge in [0.2, 0.25) is 0 Å². The zero-order valence-electron chi connectivity index (χ0n) is 7.57. The summed E-state index contributed by atoms with van der Waals surface area (Å²) in [5.41, 5.74) is -0.264. The van der Waals surface area contributed by atoms with E-state index in [2.05, 4.69) is 0 Å². The summed E-state index contributed by atoms with van der Waals surface area (Å²) in [5.74, 6) is -0.372. The normalized spacial score (nSPS) is 25.7. The first-order valence-electron chi connectivity index (χ1n) is 3.98. The van der Waals surface area contributed by atoms with Crippen molar-refractivity contribution in [2.45, 2.75) is 33.0 Å². The molecule has 0 aliphatic carbocycles. The van der Waals surface area contributed by atoms with Gasteiger partial charge in [-0.15, -0.1) is 0 Å². The van der Waals surface area contributed by atoms with Gasteiger partial charge in [-0.1, -0.05) is 20.8 Å². The molecular formula is C9H14O3. The van der Waals surface area contributed by atoms with Gasteiger partial charge in [-0.3, -0.25) is 0 Å². The van der Waals surface area contributed by atoms with Gasteiger partial charge in [-0.05, 0) is 11.5 Å². The summed E-state index contributed by atoms with van der Waals surface area (Å²) in [6.07, 6.45) is 1.83. The number of carbonyl (C=O) groups excluding carboxylic acids is 1. The Hall–Kier alpha value is -0.830. The summed E-state index contributed by atoms with van der Waals surface area (Å²) < 4.78 is 4.85. The summed E-state index contributed by atoms with van der Waals surface area (Å²) >= 11 is 0. The van der Waals surface area contributed by atoms with E-state index in [1.54, 1.807) is 6.08 Å². The lowest BCUT2D eigenvalue weighted by molar-refractivity contribution is -0.145. The van der Waals surface area contributed by atoms with E-state index in [1.165, 1.54) is 6.08 Å². The van der Waals surface area contributed by atoms with Gasteiger partial charge in [0.15, 0.2) is 0 Å². The van der Waals surface area contributed by atoms with E-state index >= 15 is 0 Å². The van der Waals surface area contributed by atoms with Crippen LogP contribution in [0.5, 0.6) is 0 Å². The van der Waals surface area contributed by atoms with Crippen molar-refractivity contribution in [1.29, 1.82) is 0 Å². The van der Waals surface area contributed by atoms with E-state index in [9.17, 15) is 9.90 Å². The molecule has 3 nitrogen and oxygen atoms in total. The standard InChI is InChI=1S/C9H14O3/c1-9(2,3)8(11)6-4-5-7(10)12-6/h4-6,8,11H,1-3H3/t6-,8+/m1/s1. The van der Waals surface area contributed by atoms with E-state index in [0.717, 1.165) is 0 Å². The molecule has 1 aliphatic heterocycles. The van der Waals surface area contributed by atoms with Crippen LogP contribution in [0, 0.1) is 5.41 Å². The molecule has 1 rings (SSSR count). The third kappa shape index (κ3) is 1.85. The summed E-state index contributed by atoms with van der Waals surface area (Å²) in [4.78, 5) is 10.7. The summed E-state index contributed by atoms with van der Waals surface area (Å²) in [6.45, 7) is 5.70. The van der Waals surface area contributed by atoms with Crippen LogP contribution in [0.3, 0.4) is 0 Å². The van der Waals surface area contributed by atoms with Crippen LogP contribution >= 0.6 is 0 Å². The topological polar surface area (TPSA) is 46.5 Å². The van der Waals surface area contributed by atoms with Gasteiger partial charge in [0.1, 0.15) is 6.10 Å². The van der Waals surface area contributed by atoms with Gasteiger partial charge >= 0.3 is 5.97 Å². The SMILES string of the molecule is CC(C)(C)[C@@H](O)[C@H]1C=CC(=O)O1. The number of cyclic esters (lactones) is 1. The fourth-order valence-electron chi connectivity index (χ4n) is 1.05. The minimum Gasteiger partial charge on any atom is -0.452 e. The summed E-state index contributed by atoms with van der Waals surface area (Å²) in [5, 5.41) is 9.67. The van der Waals surface area contributed by atoms with Gasteiger partial charge in [-0.25, -0.2) is 4.79 Å². The Balaban J connectivity index is 2.61. The second-order valence-corrected chi connectivity index (χ2v) is 4.07. The Morgan fingerprint density at radius 3 is 2.50 bits per heavy atom. The highest BCUT2D eigenvalue weighted by Gasteiger charge is 2.33. The second kappa shape index (κ2) is 2.90. The molecule has 0 radical (unpaired) electrons. The van der Waals surface area contributed by atoms with Crippen molar-refractivity contribution in [2.24, 2.45) is 5.41 Å². The Morgan fingerprint density at radius 2 is 2.17 bits per heavy atom. The third-order valence-electron chi connectivity index (χ3n) is 1.87. The van der Waals surface area contributed by atoms with Crippen LogP contribution in [-0.4, -0.2) is 23.3 Å². The van der Waals surface area contributed by atoms with Gasteiger partial charge in [0.05, 0.1) is 6.10 Å². The van der Waals surface area contributed by atoms with Crippen molar-refractivity contribution < 1.29 is 14.6 Å². The molecule has 1 aliphatic rings. The quantitative estimate of drug-likeness (QED) is 0.594. The molecule has 0 aromatic heterocycles. The summed E-state index contributed by atoms with van der Waals surface area (Å²) in [7, 11) is 0. The van der Waals surface area contributed by atoms with Crippen molar-refractivity contribution in [1.82, 2.24) is 0 Å². The van der Waals surface area contributed by atoms with Gasteiger partial charge in [-0.2, -0.15) is 0 Å². The monoisotopic (exact) mass is 170 g/mol. The molecule has 0 amide bonds. The Labute approximate surface area is 72.0 Å². The predicted molar refractivity (Wildman–Crippen MR) is 44.5 cm³/mol. The maximum absolute atomic E-state index is 10.7. The van der Waals surface area contributed by atoms with Crippen LogP contribution in [0.4, 0.5) is 0 Å². The Bertz CT molecular complexity index is 212. The molecule has 0 saturated carbocycles. The lowest BCUT2D eigenvalue weighted by atomic mass is 9.86. The first-order chi connectivity index (χ1) is 5.41. The van der Waals surface area contributed by atoms with Crippen LogP contribution in [0.2, 0.25) is 0 Å². The molecule has 0 saturated heterocycles. The molecule has 3 heteroatoms. The number of hydrogen-bond acceptors (Lipinski definition) is 3. The molecule has 0 fully saturated rings. The third-order valence-corrected chi connectivity index (χ3v) is 1.87. The smallest absolute Gasteiger partial charge is 0.331 e. The largest absolute Gasteiger partial charge is 0.452 e. The van der Waals surface area contributed by atoms with Crippen molar-refractivity contribution in [2.75, 3.05) is 0 Å². The number of hydrogen-bond donors (Lipinski definition) is 1.